The highest BCUT2D eigenvalue weighted by atomic mass is 16.4. The number of para-hydroxylation sites is 1. The van der Waals surface area contributed by atoms with E-state index in [1.54, 1.807) is 19.0 Å². The van der Waals surface area contributed by atoms with E-state index in [1.165, 1.54) is 0 Å². The van der Waals surface area contributed by atoms with Gasteiger partial charge in [-0.15, -0.1) is 0 Å². The van der Waals surface area contributed by atoms with Gasteiger partial charge in [-0.1, -0.05) is 18.2 Å². The molecule has 0 saturated carbocycles. The van der Waals surface area contributed by atoms with Gasteiger partial charge in [-0.05, 0) is 18.6 Å². The van der Waals surface area contributed by atoms with Crippen molar-refractivity contribution in [1.82, 2.24) is 4.90 Å². The minimum Gasteiger partial charge on any atom is -0.481 e. The predicted molar refractivity (Wildman–Crippen MR) is 78.8 cm³/mol. The van der Waals surface area contributed by atoms with Crippen LogP contribution in [0.5, 0.6) is 0 Å². The highest BCUT2D eigenvalue weighted by Gasteiger charge is 2.11. The minimum absolute atomic E-state index is 0.0733. The Balaban J connectivity index is 2.60. The maximum absolute atomic E-state index is 11.7. The van der Waals surface area contributed by atoms with Crippen LogP contribution in [0.2, 0.25) is 0 Å². The minimum atomic E-state index is -0.789. The molecule has 0 saturated heterocycles. The number of anilines is 1. The monoisotopic (exact) mass is 278 g/mol. The molecule has 0 spiro atoms. The molecule has 0 bridgehead atoms. The lowest BCUT2D eigenvalue weighted by atomic mass is 10.2. The number of hydrogen-bond donors (Lipinski definition) is 1. The second kappa shape index (κ2) is 8.19. The van der Waals surface area contributed by atoms with Crippen molar-refractivity contribution in [3.8, 4) is 0 Å². The largest absolute Gasteiger partial charge is 0.481 e. The lowest BCUT2D eigenvalue weighted by molar-refractivity contribution is -0.137. The van der Waals surface area contributed by atoms with E-state index in [-0.39, 0.29) is 12.3 Å². The third kappa shape index (κ3) is 5.73. The van der Waals surface area contributed by atoms with Crippen LogP contribution in [0.4, 0.5) is 5.69 Å². The van der Waals surface area contributed by atoms with Gasteiger partial charge in [0.25, 0.3) is 0 Å². The van der Waals surface area contributed by atoms with Crippen LogP contribution in [-0.4, -0.2) is 49.1 Å². The maximum Gasteiger partial charge on any atom is 0.303 e. The molecule has 1 rings (SSSR count). The zero-order chi connectivity index (χ0) is 15.0. The Morgan fingerprint density at radius 1 is 1.05 bits per heavy atom. The van der Waals surface area contributed by atoms with Crippen LogP contribution in [0.1, 0.15) is 19.3 Å². The first-order valence-electron chi connectivity index (χ1n) is 6.72. The zero-order valence-corrected chi connectivity index (χ0v) is 12.1. The number of carbonyl (C=O) groups is 2. The zero-order valence-electron chi connectivity index (χ0n) is 12.1. The van der Waals surface area contributed by atoms with E-state index < -0.39 is 5.97 Å². The van der Waals surface area contributed by atoms with Crippen LogP contribution >= 0.6 is 0 Å². The summed E-state index contributed by atoms with van der Waals surface area (Å²) >= 11 is 0. The summed E-state index contributed by atoms with van der Waals surface area (Å²) in [5.74, 6) is -0.716. The van der Waals surface area contributed by atoms with Gasteiger partial charge < -0.3 is 14.9 Å². The van der Waals surface area contributed by atoms with Gasteiger partial charge >= 0.3 is 5.97 Å². The molecule has 1 amide bonds. The molecule has 0 aliphatic rings. The first-order chi connectivity index (χ1) is 9.50. The molecule has 5 heteroatoms. The fourth-order valence-corrected chi connectivity index (χ4v) is 1.88. The Hall–Kier alpha value is -2.04. The molecular formula is C15H22N2O3. The normalized spacial score (nSPS) is 10.1. The maximum atomic E-state index is 11.7. The van der Waals surface area contributed by atoms with E-state index in [2.05, 4.69) is 4.90 Å². The van der Waals surface area contributed by atoms with Gasteiger partial charge in [0.05, 0.1) is 0 Å². The molecule has 0 radical (unpaired) electrons. The van der Waals surface area contributed by atoms with Gasteiger partial charge in [-0.3, -0.25) is 9.59 Å². The average Bonchev–Trinajstić information content (AvgIpc) is 2.42. The fraction of sp³-hybridized carbons (Fsp3) is 0.467. The molecule has 0 aliphatic carbocycles. The van der Waals surface area contributed by atoms with E-state index in [1.807, 2.05) is 30.3 Å². The number of benzene rings is 1. The molecule has 20 heavy (non-hydrogen) atoms. The number of amides is 1. The third-order valence-corrected chi connectivity index (χ3v) is 3.03. The van der Waals surface area contributed by atoms with E-state index in [0.29, 0.717) is 25.9 Å². The summed E-state index contributed by atoms with van der Waals surface area (Å²) < 4.78 is 0. The van der Waals surface area contributed by atoms with E-state index >= 15 is 0 Å². The van der Waals surface area contributed by atoms with Gasteiger partial charge in [0.15, 0.2) is 0 Å². The molecule has 0 heterocycles. The third-order valence-electron chi connectivity index (χ3n) is 3.03. The van der Waals surface area contributed by atoms with Crippen LogP contribution in [0.15, 0.2) is 30.3 Å². The van der Waals surface area contributed by atoms with E-state index in [0.717, 1.165) is 5.69 Å². The summed E-state index contributed by atoms with van der Waals surface area (Å²) in [6.45, 7) is 1.23. The standard InChI is InChI=1S/C15H22N2O3/c1-16(2)14(18)10-12-17(11-6-9-15(19)20)13-7-4-3-5-8-13/h3-5,7-8H,6,9-12H2,1-2H3,(H,19,20). The van der Waals surface area contributed by atoms with Crippen molar-refractivity contribution in [2.75, 3.05) is 32.1 Å². The van der Waals surface area contributed by atoms with Gasteiger partial charge in [0, 0.05) is 45.7 Å². The second-order valence-corrected chi connectivity index (χ2v) is 4.86. The average molecular weight is 278 g/mol. The molecule has 0 aliphatic heterocycles. The second-order valence-electron chi connectivity index (χ2n) is 4.86. The van der Waals surface area contributed by atoms with Gasteiger partial charge in [0.1, 0.15) is 0 Å². The van der Waals surface area contributed by atoms with Crippen molar-refractivity contribution in [2.24, 2.45) is 0 Å². The smallest absolute Gasteiger partial charge is 0.303 e. The number of nitrogens with zero attached hydrogens (tertiary/aromatic N) is 2. The number of carboxylic acid groups (broad SMARTS) is 1. The fourth-order valence-electron chi connectivity index (χ4n) is 1.88. The van der Waals surface area contributed by atoms with Crippen LogP contribution in [0.25, 0.3) is 0 Å². The molecule has 1 aromatic carbocycles. The van der Waals surface area contributed by atoms with Gasteiger partial charge in [0.2, 0.25) is 5.91 Å². The Morgan fingerprint density at radius 2 is 1.70 bits per heavy atom. The molecule has 0 atom stereocenters. The number of aliphatic carboxylic acids is 1. The summed E-state index contributed by atoms with van der Waals surface area (Å²) in [4.78, 5) is 25.9. The van der Waals surface area contributed by atoms with Crippen molar-refractivity contribution in [3.63, 3.8) is 0 Å². The summed E-state index contributed by atoms with van der Waals surface area (Å²) in [6.07, 6.45) is 1.14. The Bertz CT molecular complexity index is 432. The number of carbonyl (C=O) groups excluding carboxylic acids is 1. The van der Waals surface area contributed by atoms with Gasteiger partial charge in [-0.2, -0.15) is 0 Å². The van der Waals surface area contributed by atoms with Crippen LogP contribution in [-0.2, 0) is 9.59 Å². The van der Waals surface area contributed by atoms with Crippen molar-refractivity contribution in [2.45, 2.75) is 19.3 Å². The first-order valence-corrected chi connectivity index (χ1v) is 6.72. The Labute approximate surface area is 119 Å². The van der Waals surface area contributed by atoms with Crippen molar-refractivity contribution in [1.29, 1.82) is 0 Å². The van der Waals surface area contributed by atoms with E-state index in [9.17, 15) is 9.59 Å². The summed E-state index contributed by atoms with van der Waals surface area (Å²) in [5.41, 5.74) is 1.02. The Morgan fingerprint density at radius 3 is 2.25 bits per heavy atom. The highest BCUT2D eigenvalue weighted by molar-refractivity contribution is 5.76. The summed E-state index contributed by atoms with van der Waals surface area (Å²) in [7, 11) is 3.47. The molecule has 1 aromatic rings. The molecule has 110 valence electrons. The summed E-state index contributed by atoms with van der Waals surface area (Å²) in [6, 6.07) is 9.76. The SMILES string of the molecule is CN(C)C(=O)CCN(CCCC(=O)O)c1ccccc1. The molecular weight excluding hydrogens is 256 g/mol. The predicted octanol–water partition coefficient (Wildman–Crippen LogP) is 1.84. The quantitative estimate of drug-likeness (QED) is 0.788. The van der Waals surface area contributed by atoms with E-state index in [4.69, 9.17) is 5.11 Å². The van der Waals surface area contributed by atoms with Crippen LogP contribution in [0.3, 0.4) is 0 Å². The van der Waals surface area contributed by atoms with Crippen LogP contribution < -0.4 is 4.90 Å². The highest BCUT2D eigenvalue weighted by Crippen LogP contribution is 2.14. The molecule has 5 nitrogen and oxygen atoms in total. The summed E-state index contributed by atoms with van der Waals surface area (Å²) in [5, 5.41) is 8.71. The lowest BCUT2D eigenvalue weighted by Crippen LogP contribution is -2.31. The number of carboxylic acids is 1. The van der Waals surface area contributed by atoms with Crippen molar-refractivity contribution >= 4 is 17.6 Å². The number of hydrogen-bond acceptors (Lipinski definition) is 3. The number of rotatable bonds is 8. The molecule has 0 aromatic heterocycles. The van der Waals surface area contributed by atoms with Gasteiger partial charge in [-0.25, -0.2) is 0 Å². The molecule has 0 fully saturated rings. The van der Waals surface area contributed by atoms with Crippen molar-refractivity contribution in [3.05, 3.63) is 30.3 Å². The topological polar surface area (TPSA) is 60.9 Å². The van der Waals surface area contributed by atoms with Crippen LogP contribution in [0, 0.1) is 0 Å². The Kier molecular flexibility index (Phi) is 6.56. The lowest BCUT2D eigenvalue weighted by Gasteiger charge is -2.25. The first kappa shape index (κ1) is 16.0. The molecule has 1 N–H and O–H groups in total. The van der Waals surface area contributed by atoms with Crippen molar-refractivity contribution < 1.29 is 14.7 Å². The molecule has 0 unspecified atom stereocenters.